The van der Waals surface area contributed by atoms with Crippen molar-refractivity contribution in [2.24, 2.45) is 0 Å². The Labute approximate surface area is 154 Å². The number of halogens is 1. The molecule has 0 bridgehead atoms. The topological polar surface area (TPSA) is 96.9 Å². The normalized spacial score (nSPS) is 12.5. The van der Waals surface area contributed by atoms with Gasteiger partial charge in [0, 0.05) is 12.2 Å². The molecule has 26 heavy (non-hydrogen) atoms. The van der Waals surface area contributed by atoms with Crippen LogP contribution < -0.4 is 16.6 Å². The average molecular weight is 373 g/mol. The van der Waals surface area contributed by atoms with Crippen LogP contribution in [0.4, 0.5) is 5.69 Å². The first-order chi connectivity index (χ1) is 12.3. The third kappa shape index (κ3) is 3.04. The number of benzene rings is 1. The zero-order chi connectivity index (χ0) is 19.0. The highest BCUT2D eigenvalue weighted by atomic mass is 35.5. The Bertz CT molecular complexity index is 1050. The molecule has 0 radical (unpaired) electrons. The zero-order valence-corrected chi connectivity index (χ0v) is 15.2. The number of carbonyl (C=O) groups is 1. The number of rotatable bonds is 3. The Balaban J connectivity index is 1.96. The van der Waals surface area contributed by atoms with E-state index in [1.54, 1.807) is 13.0 Å². The van der Waals surface area contributed by atoms with Crippen molar-refractivity contribution in [2.75, 3.05) is 5.32 Å². The second-order valence-electron chi connectivity index (χ2n) is 6.35. The van der Waals surface area contributed by atoms with Crippen LogP contribution in [0, 0.1) is 25.2 Å². The molecule has 1 aliphatic heterocycles. The van der Waals surface area contributed by atoms with Crippen LogP contribution in [0.5, 0.6) is 0 Å². The van der Waals surface area contributed by atoms with Crippen molar-refractivity contribution in [1.82, 2.24) is 9.13 Å². The minimum absolute atomic E-state index is 0.0700. The maximum Gasteiger partial charge on any atom is 0.331 e. The van der Waals surface area contributed by atoms with Gasteiger partial charge < -0.3 is 5.32 Å². The molecule has 1 aromatic carbocycles. The maximum absolute atomic E-state index is 12.5. The molecule has 134 valence electrons. The lowest BCUT2D eigenvalue weighted by Gasteiger charge is -2.13. The van der Waals surface area contributed by atoms with Crippen LogP contribution in [0.2, 0.25) is 5.02 Å². The van der Waals surface area contributed by atoms with E-state index in [-0.39, 0.29) is 5.56 Å². The molecule has 1 aliphatic rings. The van der Waals surface area contributed by atoms with Gasteiger partial charge in [-0.3, -0.25) is 14.2 Å². The first kappa shape index (κ1) is 18.0. The summed E-state index contributed by atoms with van der Waals surface area (Å²) in [5.41, 5.74) is 1.26. The van der Waals surface area contributed by atoms with Crippen LogP contribution in [-0.4, -0.2) is 15.0 Å². The molecule has 0 saturated carbocycles. The average Bonchev–Trinajstić information content (AvgIpc) is 3.05. The molecule has 1 amide bonds. The standard InChI is InChI=1S/C18H17ClN4O3/c1-10-6-11(2)16(13(19)7-10)21-15(24)9-23-17(25)12(8-20)14-4-3-5-22(14)18(23)26/h6-7H,3-5,9H2,1-2H3,(H,21,24). The van der Waals surface area contributed by atoms with Gasteiger partial charge in [0.1, 0.15) is 18.2 Å². The molecule has 0 unspecified atom stereocenters. The van der Waals surface area contributed by atoms with Gasteiger partial charge in [-0.15, -0.1) is 0 Å². The smallest absolute Gasteiger partial charge is 0.323 e. The number of nitriles is 1. The summed E-state index contributed by atoms with van der Waals surface area (Å²) in [5, 5.41) is 12.3. The van der Waals surface area contributed by atoms with E-state index in [4.69, 9.17) is 11.6 Å². The number of hydrogen-bond acceptors (Lipinski definition) is 4. The predicted molar refractivity (Wildman–Crippen MR) is 97.6 cm³/mol. The number of aryl methyl sites for hydroxylation is 2. The first-order valence-electron chi connectivity index (χ1n) is 8.16. The number of nitrogens with one attached hydrogen (secondary N) is 1. The molecule has 2 aromatic rings. The third-order valence-corrected chi connectivity index (χ3v) is 4.74. The molecular weight excluding hydrogens is 356 g/mol. The van der Waals surface area contributed by atoms with E-state index >= 15 is 0 Å². The van der Waals surface area contributed by atoms with Gasteiger partial charge >= 0.3 is 5.69 Å². The number of amides is 1. The number of aromatic nitrogens is 2. The quantitative estimate of drug-likeness (QED) is 0.887. The monoisotopic (exact) mass is 372 g/mol. The van der Waals surface area contributed by atoms with Crippen LogP contribution in [0.1, 0.15) is 28.8 Å². The lowest BCUT2D eigenvalue weighted by Crippen LogP contribution is -2.44. The van der Waals surface area contributed by atoms with Gasteiger partial charge in [-0.1, -0.05) is 17.7 Å². The maximum atomic E-state index is 12.5. The fourth-order valence-electron chi connectivity index (χ4n) is 3.28. The molecule has 1 N–H and O–H groups in total. The van der Waals surface area contributed by atoms with Crippen molar-refractivity contribution >= 4 is 23.2 Å². The van der Waals surface area contributed by atoms with E-state index < -0.39 is 23.7 Å². The summed E-state index contributed by atoms with van der Waals surface area (Å²) in [6.45, 7) is 3.65. The molecule has 0 saturated heterocycles. The number of anilines is 1. The molecule has 0 fully saturated rings. The second kappa shape index (κ2) is 6.81. The minimum atomic E-state index is -0.729. The van der Waals surface area contributed by atoms with Crippen molar-refractivity contribution in [2.45, 2.75) is 39.8 Å². The zero-order valence-electron chi connectivity index (χ0n) is 14.4. The summed E-state index contributed by atoms with van der Waals surface area (Å²) >= 11 is 6.18. The molecular formula is C18H17ClN4O3. The number of fused-ring (bicyclic) bond motifs is 1. The summed E-state index contributed by atoms with van der Waals surface area (Å²) in [4.78, 5) is 37.4. The van der Waals surface area contributed by atoms with Crippen LogP contribution in [0.3, 0.4) is 0 Å². The molecule has 0 aliphatic carbocycles. The predicted octanol–water partition coefficient (Wildman–Crippen LogP) is 1.74. The number of carbonyl (C=O) groups excluding carboxylic acids is 1. The van der Waals surface area contributed by atoms with Gasteiger partial charge in [0.2, 0.25) is 5.91 Å². The molecule has 3 rings (SSSR count). The van der Waals surface area contributed by atoms with Crippen molar-refractivity contribution in [3.63, 3.8) is 0 Å². The van der Waals surface area contributed by atoms with Crippen LogP contribution in [0.25, 0.3) is 0 Å². The van der Waals surface area contributed by atoms with Gasteiger partial charge in [-0.25, -0.2) is 9.36 Å². The van der Waals surface area contributed by atoms with Crippen LogP contribution in [0.15, 0.2) is 21.7 Å². The molecule has 7 nitrogen and oxygen atoms in total. The molecule has 8 heteroatoms. The van der Waals surface area contributed by atoms with Gasteiger partial charge in [0.15, 0.2) is 0 Å². The molecule has 0 spiro atoms. The Morgan fingerprint density at radius 2 is 2.08 bits per heavy atom. The minimum Gasteiger partial charge on any atom is -0.323 e. The Morgan fingerprint density at radius 1 is 1.35 bits per heavy atom. The lowest BCUT2D eigenvalue weighted by molar-refractivity contribution is -0.116. The highest BCUT2D eigenvalue weighted by Crippen LogP contribution is 2.27. The van der Waals surface area contributed by atoms with E-state index in [1.165, 1.54) is 4.57 Å². The van der Waals surface area contributed by atoms with Crippen molar-refractivity contribution in [3.8, 4) is 6.07 Å². The first-order valence-corrected chi connectivity index (χ1v) is 8.54. The number of hydrogen-bond donors (Lipinski definition) is 1. The highest BCUT2D eigenvalue weighted by Gasteiger charge is 2.23. The molecule has 0 atom stereocenters. The molecule has 1 aromatic heterocycles. The van der Waals surface area contributed by atoms with Gasteiger partial charge in [-0.05, 0) is 43.9 Å². The lowest BCUT2D eigenvalue weighted by atomic mass is 10.1. The van der Waals surface area contributed by atoms with Gasteiger partial charge in [0.25, 0.3) is 5.56 Å². The van der Waals surface area contributed by atoms with Crippen molar-refractivity contribution < 1.29 is 4.79 Å². The Morgan fingerprint density at radius 3 is 2.73 bits per heavy atom. The van der Waals surface area contributed by atoms with Crippen molar-refractivity contribution in [1.29, 1.82) is 5.26 Å². The van der Waals surface area contributed by atoms with Crippen LogP contribution >= 0.6 is 11.6 Å². The van der Waals surface area contributed by atoms with E-state index in [2.05, 4.69) is 5.32 Å². The fourth-order valence-corrected chi connectivity index (χ4v) is 3.65. The summed E-state index contributed by atoms with van der Waals surface area (Å²) in [6.07, 6.45) is 1.20. The van der Waals surface area contributed by atoms with Crippen molar-refractivity contribution in [3.05, 3.63) is 60.4 Å². The summed E-state index contributed by atoms with van der Waals surface area (Å²) < 4.78 is 2.21. The number of nitrogens with zero attached hydrogens (tertiary/aromatic N) is 3. The summed E-state index contributed by atoms with van der Waals surface area (Å²) in [5.74, 6) is -0.555. The van der Waals surface area contributed by atoms with E-state index in [1.807, 2.05) is 19.1 Å². The van der Waals surface area contributed by atoms with E-state index in [9.17, 15) is 19.6 Å². The van der Waals surface area contributed by atoms with E-state index in [0.717, 1.165) is 15.7 Å². The van der Waals surface area contributed by atoms with E-state index in [0.29, 0.717) is 35.8 Å². The summed E-state index contributed by atoms with van der Waals surface area (Å²) in [6, 6.07) is 5.45. The van der Waals surface area contributed by atoms with Gasteiger partial charge in [0.05, 0.1) is 10.7 Å². The SMILES string of the molecule is Cc1cc(C)c(NC(=O)Cn2c(=O)c(C#N)c3n(c2=O)CCC3)c(Cl)c1. The Hall–Kier alpha value is -2.85. The second-order valence-corrected chi connectivity index (χ2v) is 6.76. The summed E-state index contributed by atoms with van der Waals surface area (Å²) in [7, 11) is 0. The largest absolute Gasteiger partial charge is 0.331 e. The highest BCUT2D eigenvalue weighted by molar-refractivity contribution is 6.34. The Kier molecular flexibility index (Phi) is 4.70. The molecule has 2 heterocycles. The van der Waals surface area contributed by atoms with Gasteiger partial charge in [-0.2, -0.15) is 5.26 Å². The fraction of sp³-hybridized carbons (Fsp3) is 0.333. The third-order valence-electron chi connectivity index (χ3n) is 4.44. The van der Waals surface area contributed by atoms with Crippen LogP contribution in [-0.2, 0) is 24.3 Å².